The van der Waals surface area contributed by atoms with Crippen molar-refractivity contribution in [2.45, 2.75) is 20.3 Å². The lowest BCUT2D eigenvalue weighted by atomic mass is 10.1. The number of aromatic nitrogens is 3. The van der Waals surface area contributed by atoms with Crippen molar-refractivity contribution < 1.29 is 9.53 Å². The van der Waals surface area contributed by atoms with E-state index in [0.717, 1.165) is 28.7 Å². The van der Waals surface area contributed by atoms with Crippen LogP contribution in [0, 0.1) is 13.8 Å². The first-order chi connectivity index (χ1) is 13.5. The van der Waals surface area contributed by atoms with E-state index in [1.54, 1.807) is 15.7 Å². The average molecular weight is 378 g/mol. The minimum atomic E-state index is -0.0904. The smallest absolute Gasteiger partial charge is 0.260 e. The highest BCUT2D eigenvalue weighted by Gasteiger charge is 2.18. The maximum absolute atomic E-state index is 12.7. The summed E-state index contributed by atoms with van der Waals surface area (Å²) < 4.78 is 7.49. The van der Waals surface area contributed by atoms with Gasteiger partial charge in [0.25, 0.3) is 5.91 Å². The summed E-state index contributed by atoms with van der Waals surface area (Å²) in [6, 6.07) is 12.1. The molecule has 1 amide bonds. The van der Waals surface area contributed by atoms with E-state index in [1.807, 2.05) is 45.2 Å². The number of hydrogen-bond donors (Lipinski definition) is 0. The molecule has 0 unspecified atom stereocenters. The Labute approximate surface area is 165 Å². The third kappa shape index (κ3) is 4.39. The first-order valence-corrected chi connectivity index (χ1v) is 9.36. The van der Waals surface area contributed by atoms with Gasteiger partial charge in [-0.3, -0.25) is 4.79 Å². The summed E-state index contributed by atoms with van der Waals surface area (Å²) in [6.07, 6.45) is 2.52. The number of carbonyl (C=O) groups is 1. The van der Waals surface area contributed by atoms with Crippen LogP contribution in [-0.4, -0.2) is 45.3 Å². The summed E-state index contributed by atoms with van der Waals surface area (Å²) >= 11 is 0. The van der Waals surface area contributed by atoms with Crippen molar-refractivity contribution in [3.05, 3.63) is 65.9 Å². The number of fused-ring (bicyclic) bond motifs is 1. The molecule has 2 aromatic heterocycles. The van der Waals surface area contributed by atoms with Crippen LogP contribution in [0.5, 0.6) is 5.88 Å². The Morgan fingerprint density at radius 3 is 2.75 bits per heavy atom. The average Bonchev–Trinajstić information content (AvgIpc) is 3.00. The van der Waals surface area contributed by atoms with Crippen molar-refractivity contribution in [1.29, 1.82) is 0 Å². The molecule has 28 heavy (non-hydrogen) atoms. The van der Waals surface area contributed by atoms with Crippen LogP contribution in [-0.2, 0) is 18.3 Å². The molecule has 0 aliphatic rings. The number of nitrogens with zero attached hydrogens (tertiary/aromatic N) is 4. The number of rotatable bonds is 8. The quantitative estimate of drug-likeness (QED) is 0.565. The predicted molar refractivity (Wildman–Crippen MR) is 110 cm³/mol. The Morgan fingerprint density at radius 1 is 1.29 bits per heavy atom. The Bertz CT molecular complexity index is 979. The number of amides is 1. The minimum Gasteiger partial charge on any atom is -0.466 e. The molecule has 3 rings (SSSR count). The lowest BCUT2D eigenvalue weighted by Crippen LogP contribution is -2.36. The summed E-state index contributed by atoms with van der Waals surface area (Å²) in [6.45, 7) is 8.74. The lowest BCUT2D eigenvalue weighted by Gasteiger charge is -2.21. The van der Waals surface area contributed by atoms with Crippen LogP contribution >= 0.6 is 0 Å². The van der Waals surface area contributed by atoms with Gasteiger partial charge in [0.05, 0.1) is 5.39 Å². The van der Waals surface area contributed by atoms with Gasteiger partial charge in [0.15, 0.2) is 12.3 Å². The van der Waals surface area contributed by atoms with E-state index in [1.165, 1.54) is 5.56 Å². The number of carbonyl (C=O) groups excluding carboxylic acids is 1. The van der Waals surface area contributed by atoms with Crippen LogP contribution < -0.4 is 4.74 Å². The van der Waals surface area contributed by atoms with Gasteiger partial charge in [-0.1, -0.05) is 36.4 Å². The van der Waals surface area contributed by atoms with E-state index in [0.29, 0.717) is 19.0 Å². The highest BCUT2D eigenvalue weighted by Crippen LogP contribution is 2.27. The van der Waals surface area contributed by atoms with Crippen LogP contribution in [0.4, 0.5) is 0 Å². The largest absolute Gasteiger partial charge is 0.466 e. The van der Waals surface area contributed by atoms with Gasteiger partial charge >= 0.3 is 0 Å². The van der Waals surface area contributed by atoms with Gasteiger partial charge in [-0.05, 0) is 37.5 Å². The molecule has 0 bridgehead atoms. The van der Waals surface area contributed by atoms with Crippen molar-refractivity contribution in [3.63, 3.8) is 0 Å². The summed E-state index contributed by atoms with van der Waals surface area (Å²) in [5, 5.41) is 5.25. The molecule has 6 nitrogen and oxygen atoms in total. The fourth-order valence-corrected chi connectivity index (χ4v) is 3.25. The van der Waals surface area contributed by atoms with Gasteiger partial charge in [-0.25, -0.2) is 9.67 Å². The molecule has 0 fully saturated rings. The first-order valence-electron chi connectivity index (χ1n) is 9.36. The molecule has 3 aromatic rings. The van der Waals surface area contributed by atoms with Gasteiger partial charge in [-0.15, -0.1) is 11.7 Å². The zero-order chi connectivity index (χ0) is 20.1. The number of ether oxygens (including phenoxy) is 1. The third-order valence-corrected chi connectivity index (χ3v) is 4.63. The minimum absolute atomic E-state index is 0.0674. The van der Waals surface area contributed by atoms with Crippen molar-refractivity contribution in [2.24, 2.45) is 7.05 Å². The normalized spacial score (nSPS) is 10.8. The lowest BCUT2D eigenvalue weighted by molar-refractivity contribution is -0.132. The molecular formula is C22H26N4O2. The molecule has 6 heteroatoms. The van der Waals surface area contributed by atoms with Crippen molar-refractivity contribution >= 4 is 16.9 Å². The topological polar surface area (TPSA) is 60.3 Å². The Balaban J connectivity index is 1.69. The van der Waals surface area contributed by atoms with Crippen LogP contribution in [0.1, 0.15) is 16.8 Å². The number of hydrogen-bond acceptors (Lipinski definition) is 4. The van der Waals surface area contributed by atoms with Crippen LogP contribution in [0.3, 0.4) is 0 Å². The first kappa shape index (κ1) is 19.6. The van der Waals surface area contributed by atoms with Crippen LogP contribution in [0.2, 0.25) is 0 Å². The Hall–Kier alpha value is -3.15. The Kier molecular flexibility index (Phi) is 6.09. The summed E-state index contributed by atoms with van der Waals surface area (Å²) in [4.78, 5) is 19.0. The molecule has 0 saturated heterocycles. The zero-order valence-electron chi connectivity index (χ0n) is 16.7. The summed E-state index contributed by atoms with van der Waals surface area (Å²) in [5.41, 5.74) is 3.91. The number of pyridine rings is 1. The number of benzene rings is 1. The predicted octanol–water partition coefficient (Wildman–Crippen LogP) is 3.22. The maximum Gasteiger partial charge on any atom is 0.260 e. The van der Waals surface area contributed by atoms with E-state index < -0.39 is 0 Å². The summed E-state index contributed by atoms with van der Waals surface area (Å²) in [7, 11) is 1.83. The second kappa shape index (κ2) is 8.69. The molecule has 146 valence electrons. The molecule has 0 radical (unpaired) electrons. The van der Waals surface area contributed by atoms with E-state index in [2.05, 4.69) is 28.8 Å². The van der Waals surface area contributed by atoms with Gasteiger partial charge in [0.1, 0.15) is 0 Å². The number of aryl methyl sites for hydroxylation is 3. The maximum atomic E-state index is 12.7. The van der Waals surface area contributed by atoms with Crippen molar-refractivity contribution in [1.82, 2.24) is 19.7 Å². The molecule has 0 N–H and O–H groups in total. The van der Waals surface area contributed by atoms with Crippen LogP contribution in [0.15, 0.2) is 49.1 Å². The Morgan fingerprint density at radius 2 is 2.04 bits per heavy atom. The monoisotopic (exact) mass is 378 g/mol. The fourth-order valence-electron chi connectivity index (χ4n) is 3.25. The highest BCUT2D eigenvalue weighted by atomic mass is 16.5. The molecular weight excluding hydrogens is 352 g/mol. The van der Waals surface area contributed by atoms with Gasteiger partial charge in [-0.2, -0.15) is 0 Å². The van der Waals surface area contributed by atoms with Crippen LogP contribution in [0.25, 0.3) is 11.0 Å². The second-order valence-corrected chi connectivity index (χ2v) is 6.86. The van der Waals surface area contributed by atoms with E-state index >= 15 is 0 Å². The third-order valence-electron chi connectivity index (χ3n) is 4.63. The zero-order valence-corrected chi connectivity index (χ0v) is 16.7. The van der Waals surface area contributed by atoms with E-state index in [9.17, 15) is 4.79 Å². The fraction of sp³-hybridized carbons (Fsp3) is 0.318. The van der Waals surface area contributed by atoms with E-state index in [4.69, 9.17) is 4.74 Å². The van der Waals surface area contributed by atoms with Crippen molar-refractivity contribution in [3.8, 4) is 5.88 Å². The SMILES string of the molecule is C=CCN(CCc1ccccc1)C(=O)COc1nn(C)c2nc(C)cc(C)c12. The molecule has 2 heterocycles. The molecule has 0 aliphatic carbocycles. The van der Waals surface area contributed by atoms with Gasteiger partial charge in [0, 0.05) is 25.8 Å². The summed E-state index contributed by atoms with van der Waals surface area (Å²) in [5.74, 6) is 0.352. The molecule has 0 saturated carbocycles. The molecule has 1 aromatic carbocycles. The molecule has 0 aliphatic heterocycles. The second-order valence-electron chi connectivity index (χ2n) is 6.86. The van der Waals surface area contributed by atoms with Gasteiger partial charge < -0.3 is 9.64 Å². The highest BCUT2D eigenvalue weighted by molar-refractivity contribution is 5.85. The van der Waals surface area contributed by atoms with E-state index in [-0.39, 0.29) is 12.5 Å². The van der Waals surface area contributed by atoms with Gasteiger partial charge in [0.2, 0.25) is 5.88 Å². The molecule has 0 atom stereocenters. The molecule has 0 spiro atoms. The standard InChI is InChI=1S/C22H26N4O2/c1-5-12-26(13-11-18-9-7-6-8-10-18)19(27)15-28-22-20-16(2)14-17(3)23-21(20)25(4)24-22/h5-10,14H,1,11-13,15H2,2-4H3. The van der Waals surface area contributed by atoms with Crippen molar-refractivity contribution in [2.75, 3.05) is 19.7 Å².